The first-order chi connectivity index (χ1) is 14.5. The average molecular weight is 448 g/mol. The van der Waals surface area contributed by atoms with Crippen LogP contribution >= 0.6 is 11.6 Å². The lowest BCUT2D eigenvalue weighted by atomic mass is 10.0. The number of carbonyl (C=O) groups excluding carboxylic acids is 2. The first-order valence-corrected chi connectivity index (χ1v) is 12.7. The first kappa shape index (κ1) is 29.0. The van der Waals surface area contributed by atoms with Crippen LogP contribution in [0.3, 0.4) is 0 Å². The molecule has 0 rings (SSSR count). The molecule has 1 unspecified atom stereocenters. The Bertz CT molecular complexity index is 420. The van der Waals surface area contributed by atoms with Gasteiger partial charge in [-0.3, -0.25) is 4.90 Å². The lowest BCUT2D eigenvalue weighted by molar-refractivity contribution is -0.148. The van der Waals surface area contributed by atoms with Crippen molar-refractivity contribution in [2.24, 2.45) is 0 Å². The number of nitrogens with zero attached hydrogens (tertiary/aromatic N) is 1. The zero-order chi connectivity index (χ0) is 22.5. The van der Waals surface area contributed by atoms with E-state index in [1.807, 2.05) is 0 Å². The Morgan fingerprint density at radius 3 is 1.60 bits per heavy atom. The van der Waals surface area contributed by atoms with E-state index in [4.69, 9.17) is 21.1 Å². The van der Waals surface area contributed by atoms with Gasteiger partial charge in [-0.05, 0) is 13.3 Å². The Kier molecular flexibility index (Phi) is 20.6. The number of halogens is 1. The van der Waals surface area contributed by atoms with Crippen molar-refractivity contribution in [3.8, 4) is 0 Å². The monoisotopic (exact) mass is 447 g/mol. The SMILES string of the molecule is CCCCCCCCCCCCCCCCCOC(=O)C(C)N(C)C(=O)OCCCl. The topological polar surface area (TPSA) is 55.8 Å². The maximum Gasteiger partial charge on any atom is 0.410 e. The molecule has 0 heterocycles. The number of ether oxygens (including phenoxy) is 2. The van der Waals surface area contributed by atoms with Crippen LogP contribution in [-0.2, 0) is 14.3 Å². The molecule has 0 fully saturated rings. The second kappa shape index (κ2) is 21.3. The van der Waals surface area contributed by atoms with Crippen molar-refractivity contribution in [1.82, 2.24) is 4.90 Å². The molecule has 0 saturated carbocycles. The van der Waals surface area contributed by atoms with E-state index in [1.165, 1.54) is 95.4 Å². The molecular formula is C24H46ClNO4. The summed E-state index contributed by atoms with van der Waals surface area (Å²) in [5, 5.41) is 0. The van der Waals surface area contributed by atoms with Crippen LogP contribution in [-0.4, -0.2) is 49.1 Å². The number of rotatable bonds is 20. The summed E-state index contributed by atoms with van der Waals surface area (Å²) < 4.78 is 10.2. The van der Waals surface area contributed by atoms with E-state index in [-0.39, 0.29) is 12.5 Å². The van der Waals surface area contributed by atoms with E-state index in [9.17, 15) is 9.59 Å². The number of unbranched alkanes of at least 4 members (excludes halogenated alkanes) is 14. The van der Waals surface area contributed by atoms with Gasteiger partial charge in [-0.15, -0.1) is 11.6 Å². The normalized spacial score (nSPS) is 11.9. The summed E-state index contributed by atoms with van der Waals surface area (Å²) in [5.41, 5.74) is 0. The first-order valence-electron chi connectivity index (χ1n) is 12.2. The molecule has 0 spiro atoms. The van der Waals surface area contributed by atoms with Gasteiger partial charge in [-0.25, -0.2) is 9.59 Å². The van der Waals surface area contributed by atoms with E-state index in [2.05, 4.69) is 6.92 Å². The molecule has 0 aliphatic carbocycles. The van der Waals surface area contributed by atoms with Gasteiger partial charge in [0.2, 0.25) is 0 Å². The molecule has 0 N–H and O–H groups in total. The number of alkyl halides is 1. The Hall–Kier alpha value is -0.970. The third kappa shape index (κ3) is 16.8. The maximum atomic E-state index is 12.0. The third-order valence-corrected chi connectivity index (χ3v) is 5.66. The number of carbonyl (C=O) groups is 2. The van der Waals surface area contributed by atoms with Gasteiger partial charge in [0, 0.05) is 7.05 Å². The van der Waals surface area contributed by atoms with Crippen LogP contribution in [0.25, 0.3) is 0 Å². The van der Waals surface area contributed by atoms with E-state index in [1.54, 1.807) is 6.92 Å². The summed E-state index contributed by atoms with van der Waals surface area (Å²) in [6, 6.07) is -0.663. The molecule has 1 atom stereocenters. The van der Waals surface area contributed by atoms with Gasteiger partial charge in [0.1, 0.15) is 12.6 Å². The Morgan fingerprint density at radius 2 is 1.17 bits per heavy atom. The van der Waals surface area contributed by atoms with Gasteiger partial charge in [0.25, 0.3) is 0 Å². The molecular weight excluding hydrogens is 402 g/mol. The molecule has 178 valence electrons. The van der Waals surface area contributed by atoms with Crippen molar-refractivity contribution < 1.29 is 19.1 Å². The predicted octanol–water partition coefficient (Wildman–Crippen LogP) is 7.10. The fourth-order valence-corrected chi connectivity index (χ4v) is 3.39. The minimum Gasteiger partial charge on any atom is -0.464 e. The van der Waals surface area contributed by atoms with Crippen LogP contribution in [0.2, 0.25) is 0 Å². The summed E-state index contributed by atoms with van der Waals surface area (Å²) in [6.07, 6.45) is 19.0. The smallest absolute Gasteiger partial charge is 0.410 e. The molecule has 0 aliphatic heterocycles. The minimum atomic E-state index is -0.663. The predicted molar refractivity (Wildman–Crippen MR) is 125 cm³/mol. The van der Waals surface area contributed by atoms with Crippen LogP contribution < -0.4 is 0 Å². The van der Waals surface area contributed by atoms with E-state index >= 15 is 0 Å². The fourth-order valence-electron chi connectivity index (χ4n) is 3.31. The van der Waals surface area contributed by atoms with Gasteiger partial charge in [0.15, 0.2) is 0 Å². The number of esters is 1. The van der Waals surface area contributed by atoms with Gasteiger partial charge in [-0.1, -0.05) is 96.8 Å². The molecule has 0 aromatic heterocycles. The van der Waals surface area contributed by atoms with Crippen molar-refractivity contribution in [1.29, 1.82) is 0 Å². The van der Waals surface area contributed by atoms with Gasteiger partial charge in [-0.2, -0.15) is 0 Å². The van der Waals surface area contributed by atoms with Crippen molar-refractivity contribution in [3.05, 3.63) is 0 Å². The molecule has 0 saturated heterocycles. The van der Waals surface area contributed by atoms with Crippen LogP contribution in [0.15, 0.2) is 0 Å². The van der Waals surface area contributed by atoms with Crippen molar-refractivity contribution >= 4 is 23.7 Å². The van der Waals surface area contributed by atoms with Crippen molar-refractivity contribution in [3.63, 3.8) is 0 Å². The Balaban J connectivity index is 3.44. The number of amides is 1. The van der Waals surface area contributed by atoms with Gasteiger partial charge in [0.05, 0.1) is 12.5 Å². The largest absolute Gasteiger partial charge is 0.464 e. The van der Waals surface area contributed by atoms with Gasteiger partial charge < -0.3 is 9.47 Å². The highest BCUT2D eigenvalue weighted by atomic mass is 35.5. The molecule has 0 aliphatic rings. The van der Waals surface area contributed by atoms with Crippen LogP contribution in [0.4, 0.5) is 4.79 Å². The van der Waals surface area contributed by atoms with E-state index < -0.39 is 18.1 Å². The average Bonchev–Trinajstić information content (AvgIpc) is 2.75. The molecule has 1 amide bonds. The van der Waals surface area contributed by atoms with Gasteiger partial charge >= 0.3 is 12.1 Å². The molecule has 6 heteroatoms. The zero-order valence-corrected chi connectivity index (χ0v) is 20.5. The van der Waals surface area contributed by atoms with E-state index in [0.29, 0.717) is 6.61 Å². The highest BCUT2D eigenvalue weighted by Gasteiger charge is 2.24. The summed E-state index contributed by atoms with van der Waals surface area (Å²) in [6.45, 7) is 4.44. The lowest BCUT2D eigenvalue weighted by Gasteiger charge is -2.22. The fraction of sp³-hybridized carbons (Fsp3) is 0.917. The number of hydrogen-bond donors (Lipinski definition) is 0. The Morgan fingerprint density at radius 1 is 0.733 bits per heavy atom. The van der Waals surface area contributed by atoms with Crippen LogP contribution in [0.1, 0.15) is 110 Å². The summed E-state index contributed by atoms with van der Waals surface area (Å²) >= 11 is 5.49. The lowest BCUT2D eigenvalue weighted by Crippen LogP contribution is -2.41. The second-order valence-corrected chi connectivity index (χ2v) is 8.59. The maximum absolute atomic E-state index is 12.0. The molecule has 30 heavy (non-hydrogen) atoms. The quantitative estimate of drug-likeness (QED) is 0.113. The van der Waals surface area contributed by atoms with Crippen molar-refractivity contribution in [2.45, 2.75) is 116 Å². The zero-order valence-electron chi connectivity index (χ0n) is 19.8. The summed E-state index contributed by atoms with van der Waals surface area (Å²) in [4.78, 5) is 25.0. The van der Waals surface area contributed by atoms with Crippen LogP contribution in [0.5, 0.6) is 0 Å². The number of hydrogen-bond acceptors (Lipinski definition) is 4. The number of likely N-dealkylation sites (N-methyl/N-ethyl adjacent to an activating group) is 1. The Labute approximate surface area is 190 Å². The summed E-state index contributed by atoms with van der Waals surface area (Å²) in [7, 11) is 1.52. The van der Waals surface area contributed by atoms with Crippen molar-refractivity contribution in [2.75, 3.05) is 26.1 Å². The minimum absolute atomic E-state index is 0.131. The molecule has 0 aromatic rings. The van der Waals surface area contributed by atoms with Crippen LogP contribution in [0, 0.1) is 0 Å². The molecule has 0 aromatic carbocycles. The third-order valence-electron chi connectivity index (χ3n) is 5.50. The highest BCUT2D eigenvalue weighted by molar-refractivity contribution is 6.18. The standard InChI is InChI=1S/C24H46ClNO4/c1-4-5-6-7-8-9-10-11-12-13-14-15-16-17-18-20-29-23(27)22(2)26(3)24(28)30-21-19-25/h22H,4-21H2,1-3H3. The van der Waals surface area contributed by atoms with E-state index in [0.717, 1.165) is 12.8 Å². The second-order valence-electron chi connectivity index (χ2n) is 8.21. The summed E-state index contributed by atoms with van der Waals surface area (Å²) in [5.74, 6) is -0.164. The molecule has 0 radical (unpaired) electrons. The molecule has 0 bridgehead atoms. The highest BCUT2D eigenvalue weighted by Crippen LogP contribution is 2.13. The molecule has 5 nitrogen and oxygen atoms in total.